The number of nitrogens with zero attached hydrogens (tertiary/aromatic N) is 2. The number of para-hydroxylation sites is 2. The van der Waals surface area contributed by atoms with E-state index in [-0.39, 0.29) is 0 Å². The Hall–Kier alpha value is -0.932. The van der Waals surface area contributed by atoms with Crippen LogP contribution in [0.25, 0.3) is 0 Å². The van der Waals surface area contributed by atoms with Crippen LogP contribution in [0.5, 0.6) is 0 Å². The fraction of sp³-hybridized carbons (Fsp3) is 0. The van der Waals surface area contributed by atoms with Crippen LogP contribution in [0.15, 0.2) is 34.3 Å². The Bertz CT molecular complexity index is 380. The molecule has 0 bridgehead atoms. The van der Waals surface area contributed by atoms with Crippen molar-refractivity contribution in [1.29, 1.82) is 0 Å². The molecule has 52 valence electrons. The molecule has 2 rings (SSSR count). The van der Waals surface area contributed by atoms with Gasteiger partial charge in [0.05, 0.1) is 0 Å². The molecular weight excluding hydrogens is 308 g/mol. The van der Waals surface area contributed by atoms with E-state index in [4.69, 9.17) is 0 Å². The van der Waals surface area contributed by atoms with Gasteiger partial charge in [-0.25, -0.2) is 0 Å². The predicted molar refractivity (Wildman–Crippen MR) is 40.6 cm³/mol. The molecule has 11 heavy (non-hydrogen) atoms. The monoisotopic (exact) mass is 312 g/mol. The summed E-state index contributed by atoms with van der Waals surface area (Å²) in [5.74, 6) is 0. The van der Waals surface area contributed by atoms with E-state index in [1.807, 2.05) is 24.3 Å². The maximum absolute atomic E-state index is 4.15. The molecule has 0 saturated carbocycles. The van der Waals surface area contributed by atoms with Gasteiger partial charge in [-0.1, -0.05) is 0 Å². The summed E-state index contributed by atoms with van der Waals surface area (Å²) in [5.41, 5.74) is 1.83. The van der Waals surface area contributed by atoms with E-state index in [2.05, 4.69) is 18.4 Å². The molecule has 0 spiro atoms. The van der Waals surface area contributed by atoms with E-state index < -0.39 is 17.6 Å². The fourth-order valence-corrected chi connectivity index (χ4v) is 2.00. The summed E-state index contributed by atoms with van der Waals surface area (Å²) in [6, 6.07) is 7.79. The molecule has 1 heterocycles. The Morgan fingerprint density at radius 1 is 1.00 bits per heavy atom. The van der Waals surface area contributed by atoms with Crippen molar-refractivity contribution in [1.82, 2.24) is 0 Å². The number of aliphatic imine (C=N–C) groups is 2. The van der Waals surface area contributed by atoms with Crippen LogP contribution in [0.3, 0.4) is 0 Å². The summed E-state index contributed by atoms with van der Waals surface area (Å²) in [6.45, 7) is 0. The van der Waals surface area contributed by atoms with E-state index in [0.29, 0.717) is 0 Å². The van der Waals surface area contributed by atoms with Gasteiger partial charge in [0, 0.05) is 0 Å². The van der Waals surface area contributed by atoms with Gasteiger partial charge >= 0.3 is 71.7 Å². The summed E-state index contributed by atoms with van der Waals surface area (Å²) < 4.78 is 5.98. The van der Waals surface area contributed by atoms with Gasteiger partial charge in [-0.05, 0) is 0 Å². The van der Waals surface area contributed by atoms with Gasteiger partial charge in [0.2, 0.25) is 0 Å². The van der Waals surface area contributed by atoms with E-state index in [0.717, 1.165) is 11.4 Å². The molecule has 1 aliphatic rings. The summed E-state index contributed by atoms with van der Waals surface area (Å²) in [5, 5.41) is 0. The molecule has 0 saturated heterocycles. The Morgan fingerprint density at radius 2 is 1.55 bits per heavy atom. The normalized spacial score (nSPS) is 12.0. The molecule has 1 aromatic carbocycles. The zero-order valence-corrected chi connectivity index (χ0v) is 8.55. The quantitative estimate of drug-likeness (QED) is 0.709. The summed E-state index contributed by atoms with van der Waals surface area (Å²) in [4.78, 5) is 8.31. The van der Waals surface area contributed by atoms with Crippen LogP contribution in [-0.2, 0) is 17.6 Å². The minimum absolute atomic E-state index is 0.744. The van der Waals surface area contributed by atoms with Gasteiger partial charge in [-0.3, -0.25) is 0 Å². The first-order valence-electron chi connectivity index (χ1n) is 3.13. The van der Waals surface area contributed by atoms with Gasteiger partial charge in [0.15, 0.2) is 0 Å². The molecule has 0 atom stereocenters. The van der Waals surface area contributed by atoms with Crippen LogP contribution in [0.2, 0.25) is 0 Å². The molecule has 0 unspecified atom stereocenters. The van der Waals surface area contributed by atoms with E-state index in [1.165, 1.54) is 0 Å². The van der Waals surface area contributed by atoms with Crippen molar-refractivity contribution >= 4 is 19.8 Å². The Labute approximate surface area is 71.9 Å². The molecule has 0 N–H and O–H groups in total. The summed E-state index contributed by atoms with van der Waals surface area (Å²) in [7, 11) is 0. The van der Waals surface area contributed by atoms with E-state index in [9.17, 15) is 0 Å². The van der Waals surface area contributed by atoms with Gasteiger partial charge in [0.1, 0.15) is 0 Å². The van der Waals surface area contributed by atoms with Gasteiger partial charge in [-0.2, -0.15) is 0 Å². The van der Waals surface area contributed by atoms with Crippen molar-refractivity contribution in [2.45, 2.75) is 0 Å². The summed E-state index contributed by atoms with van der Waals surface area (Å²) >= 11 is -0.744. The first-order valence-corrected chi connectivity index (χ1v) is 6.06. The van der Waals surface area contributed by atoms with E-state index >= 15 is 0 Å². The zero-order valence-electron chi connectivity index (χ0n) is 5.61. The molecule has 1 aliphatic heterocycles. The summed E-state index contributed by atoms with van der Waals surface area (Å²) in [6.07, 6.45) is 0. The Kier molecular flexibility index (Phi) is 1.83. The Morgan fingerprint density at radius 3 is 2.09 bits per heavy atom. The van der Waals surface area contributed by atoms with Crippen LogP contribution < -0.4 is 0 Å². The van der Waals surface area contributed by atoms with Crippen LogP contribution in [0.4, 0.5) is 11.4 Å². The first-order chi connectivity index (χ1) is 5.47. The average molecular weight is 312 g/mol. The first kappa shape index (κ1) is 6.76. The van der Waals surface area contributed by atoms with Crippen molar-refractivity contribution in [3.05, 3.63) is 24.3 Å². The van der Waals surface area contributed by atoms with Crippen molar-refractivity contribution in [3.63, 3.8) is 0 Å². The number of hydrogen-bond donors (Lipinski definition) is 0. The van der Waals surface area contributed by atoms with Crippen molar-refractivity contribution in [2.75, 3.05) is 0 Å². The third-order valence-corrected chi connectivity index (χ3v) is 2.62. The molecule has 0 fully saturated rings. The van der Waals surface area contributed by atoms with Crippen molar-refractivity contribution < 1.29 is 17.6 Å². The maximum atomic E-state index is 4.15. The van der Waals surface area contributed by atoms with Crippen LogP contribution in [0.1, 0.15) is 0 Å². The van der Waals surface area contributed by atoms with Crippen molar-refractivity contribution in [2.24, 2.45) is 9.98 Å². The van der Waals surface area contributed by atoms with Gasteiger partial charge in [-0.15, -0.1) is 0 Å². The molecule has 0 amide bonds. The molecule has 0 aromatic heterocycles. The third-order valence-electron chi connectivity index (χ3n) is 1.31. The topological polar surface area (TPSA) is 24.7 Å². The number of hydrogen-bond acceptors (Lipinski definition) is 2. The minimum atomic E-state index is -0.744. The third kappa shape index (κ3) is 1.39. The number of benzene rings is 1. The number of rotatable bonds is 0. The molecule has 0 radical (unpaired) electrons. The predicted octanol–water partition coefficient (Wildman–Crippen LogP) is 1.86. The second-order valence-corrected chi connectivity index (χ2v) is 4.04. The van der Waals surface area contributed by atoms with Gasteiger partial charge in [0.25, 0.3) is 0 Å². The second kappa shape index (κ2) is 2.98. The average Bonchev–Trinajstić information content (AvgIpc) is 2.28. The molecular formula is C8H4N2W. The molecule has 3 heteroatoms. The molecule has 2 nitrogen and oxygen atoms in total. The van der Waals surface area contributed by atoms with Crippen LogP contribution >= 0.6 is 0 Å². The fourth-order valence-electron chi connectivity index (χ4n) is 0.818. The number of fused-ring (bicyclic) bond motifs is 1. The van der Waals surface area contributed by atoms with Crippen LogP contribution in [0, 0.1) is 0 Å². The van der Waals surface area contributed by atoms with E-state index in [1.54, 1.807) is 0 Å². The van der Waals surface area contributed by atoms with Gasteiger partial charge < -0.3 is 0 Å². The van der Waals surface area contributed by atoms with Crippen molar-refractivity contribution in [3.8, 4) is 0 Å². The zero-order chi connectivity index (χ0) is 7.52. The second-order valence-electron chi connectivity index (χ2n) is 2.00. The molecule has 0 aliphatic carbocycles. The van der Waals surface area contributed by atoms with Crippen LogP contribution in [-0.4, -0.2) is 8.39 Å². The standard InChI is InChI=1S/C8H4N2.W/c1-9-7-5-3-4-6-8(7)10-2;/h3-6H;. The SMILES string of the molecule is [C]1=Nc2ccccc2N=[C]=[W]=1. The molecule has 1 aromatic rings. The Balaban J connectivity index is 2.78.